The van der Waals surface area contributed by atoms with Crippen molar-refractivity contribution in [2.24, 2.45) is 0 Å². The Morgan fingerprint density at radius 1 is 1.29 bits per heavy atom. The van der Waals surface area contributed by atoms with Gasteiger partial charge in [-0.05, 0) is 18.2 Å². The summed E-state index contributed by atoms with van der Waals surface area (Å²) >= 11 is 0. The van der Waals surface area contributed by atoms with Crippen molar-refractivity contribution in [3.63, 3.8) is 0 Å². The number of anilines is 1. The first kappa shape index (κ1) is 11.0. The van der Waals surface area contributed by atoms with Crippen LogP contribution in [-0.2, 0) is 0 Å². The van der Waals surface area contributed by atoms with E-state index in [2.05, 4.69) is 11.1 Å². The highest BCUT2D eigenvalue weighted by atomic mass is 16.5. The Hall–Kier alpha value is -2.54. The Bertz CT molecular complexity index is 587. The molecule has 2 rings (SSSR count). The van der Waals surface area contributed by atoms with E-state index >= 15 is 0 Å². The van der Waals surface area contributed by atoms with Crippen LogP contribution in [0.25, 0.3) is 11.3 Å². The number of aromatic nitrogens is 1. The van der Waals surface area contributed by atoms with Gasteiger partial charge in [0.1, 0.15) is 17.4 Å². The summed E-state index contributed by atoms with van der Waals surface area (Å²) in [6.07, 6.45) is 1.58. The van der Waals surface area contributed by atoms with Crippen molar-refractivity contribution in [1.29, 1.82) is 5.26 Å². The van der Waals surface area contributed by atoms with E-state index in [9.17, 15) is 0 Å². The molecule has 0 bridgehead atoms. The average molecular weight is 225 g/mol. The van der Waals surface area contributed by atoms with E-state index in [0.29, 0.717) is 22.7 Å². The Balaban J connectivity index is 2.69. The molecule has 4 heteroatoms. The van der Waals surface area contributed by atoms with Gasteiger partial charge in [-0.1, -0.05) is 12.1 Å². The van der Waals surface area contributed by atoms with Crippen LogP contribution in [0.4, 0.5) is 5.69 Å². The largest absolute Gasteiger partial charge is 0.496 e. The zero-order chi connectivity index (χ0) is 12.3. The SMILES string of the molecule is COc1ccccc1-c1nccc(N)c1C#N. The highest BCUT2D eigenvalue weighted by molar-refractivity contribution is 5.77. The fraction of sp³-hybridized carbons (Fsp3) is 0.0769. The maximum absolute atomic E-state index is 9.11. The molecule has 0 saturated carbocycles. The number of nitriles is 1. The number of hydrogen-bond donors (Lipinski definition) is 1. The van der Waals surface area contributed by atoms with Crippen LogP contribution in [0.3, 0.4) is 0 Å². The average Bonchev–Trinajstić information content (AvgIpc) is 2.38. The van der Waals surface area contributed by atoms with Crippen LogP contribution in [0.2, 0.25) is 0 Å². The molecule has 1 aromatic heterocycles. The van der Waals surface area contributed by atoms with Crippen molar-refractivity contribution in [2.75, 3.05) is 12.8 Å². The van der Waals surface area contributed by atoms with Gasteiger partial charge >= 0.3 is 0 Å². The number of methoxy groups -OCH3 is 1. The number of benzene rings is 1. The number of hydrogen-bond acceptors (Lipinski definition) is 4. The normalized spacial score (nSPS) is 9.65. The van der Waals surface area contributed by atoms with E-state index < -0.39 is 0 Å². The van der Waals surface area contributed by atoms with Crippen LogP contribution in [0.1, 0.15) is 5.56 Å². The van der Waals surface area contributed by atoms with Gasteiger partial charge in [-0.2, -0.15) is 5.26 Å². The second-order valence-electron chi connectivity index (χ2n) is 3.44. The van der Waals surface area contributed by atoms with Crippen molar-refractivity contribution >= 4 is 5.69 Å². The molecule has 2 aromatic rings. The topological polar surface area (TPSA) is 71.9 Å². The fourth-order valence-corrected chi connectivity index (χ4v) is 1.64. The van der Waals surface area contributed by atoms with Gasteiger partial charge in [0.2, 0.25) is 0 Å². The zero-order valence-electron chi connectivity index (χ0n) is 9.34. The van der Waals surface area contributed by atoms with Crippen LogP contribution < -0.4 is 10.5 Å². The molecule has 0 radical (unpaired) electrons. The molecule has 4 nitrogen and oxygen atoms in total. The molecule has 1 heterocycles. The minimum atomic E-state index is 0.372. The third kappa shape index (κ3) is 1.91. The van der Waals surface area contributed by atoms with Gasteiger partial charge in [0.25, 0.3) is 0 Å². The lowest BCUT2D eigenvalue weighted by Crippen LogP contribution is -1.97. The number of para-hydroxylation sites is 1. The van der Waals surface area contributed by atoms with Gasteiger partial charge in [-0.15, -0.1) is 0 Å². The second-order valence-corrected chi connectivity index (χ2v) is 3.44. The summed E-state index contributed by atoms with van der Waals surface area (Å²) in [4.78, 5) is 4.21. The molecule has 0 spiro atoms. The smallest absolute Gasteiger partial charge is 0.128 e. The second kappa shape index (κ2) is 4.54. The molecule has 0 aliphatic carbocycles. The van der Waals surface area contributed by atoms with Crippen LogP contribution in [-0.4, -0.2) is 12.1 Å². The summed E-state index contributed by atoms with van der Waals surface area (Å²) in [5.41, 5.74) is 7.86. The molecule has 2 N–H and O–H groups in total. The van der Waals surface area contributed by atoms with Gasteiger partial charge in [0.15, 0.2) is 0 Å². The summed E-state index contributed by atoms with van der Waals surface area (Å²) in [6.45, 7) is 0. The Morgan fingerprint density at radius 2 is 2.06 bits per heavy atom. The Morgan fingerprint density at radius 3 is 2.76 bits per heavy atom. The summed E-state index contributed by atoms with van der Waals surface area (Å²) in [6, 6.07) is 11.1. The predicted molar refractivity (Wildman–Crippen MR) is 65.4 cm³/mol. The van der Waals surface area contributed by atoms with E-state index in [1.165, 1.54) is 0 Å². The van der Waals surface area contributed by atoms with Gasteiger partial charge in [0.05, 0.1) is 18.5 Å². The first-order chi connectivity index (χ1) is 8.27. The van der Waals surface area contributed by atoms with Crippen LogP contribution in [0.15, 0.2) is 36.5 Å². The first-order valence-electron chi connectivity index (χ1n) is 5.06. The molecule has 1 aromatic carbocycles. The number of nitrogens with two attached hydrogens (primary N) is 1. The third-order valence-corrected chi connectivity index (χ3v) is 2.46. The van der Waals surface area contributed by atoms with E-state index in [1.807, 2.05) is 24.3 Å². The molecule has 17 heavy (non-hydrogen) atoms. The first-order valence-corrected chi connectivity index (χ1v) is 5.06. The zero-order valence-corrected chi connectivity index (χ0v) is 9.34. The number of pyridine rings is 1. The molecule has 0 amide bonds. The van der Waals surface area contributed by atoms with E-state index in [4.69, 9.17) is 15.7 Å². The van der Waals surface area contributed by atoms with E-state index in [-0.39, 0.29) is 0 Å². The maximum Gasteiger partial charge on any atom is 0.128 e. The van der Waals surface area contributed by atoms with Crippen molar-refractivity contribution in [2.45, 2.75) is 0 Å². The molecular weight excluding hydrogens is 214 g/mol. The molecule has 84 valence electrons. The van der Waals surface area contributed by atoms with Crippen molar-refractivity contribution in [3.05, 3.63) is 42.1 Å². The van der Waals surface area contributed by atoms with Crippen molar-refractivity contribution in [3.8, 4) is 23.1 Å². The van der Waals surface area contributed by atoms with Crippen LogP contribution in [0.5, 0.6) is 5.75 Å². The number of rotatable bonds is 2. The standard InChI is InChI=1S/C13H11N3O/c1-17-12-5-3-2-4-9(12)13-10(8-14)11(15)6-7-16-13/h2-7H,1H3,(H2,15,16). The predicted octanol–water partition coefficient (Wildman–Crippen LogP) is 2.21. The van der Waals surface area contributed by atoms with Crippen LogP contribution >= 0.6 is 0 Å². The van der Waals surface area contributed by atoms with Crippen molar-refractivity contribution < 1.29 is 4.74 Å². The van der Waals surface area contributed by atoms with E-state index in [0.717, 1.165) is 5.56 Å². The minimum Gasteiger partial charge on any atom is -0.496 e. The molecule has 0 unspecified atom stereocenters. The fourth-order valence-electron chi connectivity index (χ4n) is 1.64. The lowest BCUT2D eigenvalue weighted by molar-refractivity contribution is 0.416. The summed E-state index contributed by atoms with van der Waals surface area (Å²) in [5.74, 6) is 0.669. The molecule has 0 fully saturated rings. The van der Waals surface area contributed by atoms with Gasteiger partial charge < -0.3 is 10.5 Å². The van der Waals surface area contributed by atoms with Gasteiger partial charge in [-0.3, -0.25) is 4.98 Å². The Kier molecular flexibility index (Phi) is 2.93. The minimum absolute atomic E-state index is 0.372. The Labute approximate surface area is 99.3 Å². The molecule has 0 saturated heterocycles. The lowest BCUT2D eigenvalue weighted by Gasteiger charge is -2.09. The number of ether oxygens (including phenoxy) is 1. The maximum atomic E-state index is 9.11. The summed E-state index contributed by atoms with van der Waals surface area (Å²) in [7, 11) is 1.58. The van der Waals surface area contributed by atoms with Crippen molar-refractivity contribution in [1.82, 2.24) is 4.98 Å². The molecular formula is C13H11N3O. The monoisotopic (exact) mass is 225 g/mol. The molecule has 0 aliphatic heterocycles. The van der Waals surface area contributed by atoms with Gasteiger partial charge in [0, 0.05) is 11.8 Å². The number of nitrogens with zero attached hydrogens (tertiary/aromatic N) is 2. The summed E-state index contributed by atoms with van der Waals surface area (Å²) in [5, 5.41) is 9.11. The van der Waals surface area contributed by atoms with Gasteiger partial charge in [-0.25, -0.2) is 0 Å². The quantitative estimate of drug-likeness (QED) is 0.850. The molecule has 0 atom stereocenters. The highest BCUT2D eigenvalue weighted by Gasteiger charge is 2.13. The summed E-state index contributed by atoms with van der Waals surface area (Å²) < 4.78 is 5.25. The van der Waals surface area contributed by atoms with Crippen LogP contribution in [0, 0.1) is 11.3 Å². The third-order valence-electron chi connectivity index (χ3n) is 2.46. The number of nitrogen functional groups attached to an aromatic ring is 1. The van der Waals surface area contributed by atoms with E-state index in [1.54, 1.807) is 19.4 Å². The highest BCUT2D eigenvalue weighted by Crippen LogP contribution is 2.31. The molecule has 0 aliphatic rings. The lowest BCUT2D eigenvalue weighted by atomic mass is 10.0.